The van der Waals surface area contributed by atoms with Gasteiger partial charge < -0.3 is 10.4 Å². The SMILES string of the molecule is O=C(CCCNC(=O)c1cccc([N+](=O)[O-])c1)NN=Cc1cccc(O)c1. The number of amides is 2. The molecule has 0 saturated heterocycles. The predicted molar refractivity (Wildman–Crippen MR) is 98.5 cm³/mol. The van der Waals surface area contributed by atoms with E-state index in [1.54, 1.807) is 12.1 Å². The summed E-state index contributed by atoms with van der Waals surface area (Å²) in [5, 5.41) is 26.4. The van der Waals surface area contributed by atoms with Crippen LogP contribution < -0.4 is 10.7 Å². The quantitative estimate of drug-likeness (QED) is 0.283. The molecule has 2 amide bonds. The fraction of sp³-hybridized carbons (Fsp3) is 0.167. The highest BCUT2D eigenvalue weighted by Crippen LogP contribution is 2.13. The molecular weight excluding hydrogens is 352 g/mol. The minimum absolute atomic E-state index is 0.102. The molecular formula is C18H18N4O5. The number of nitrogens with one attached hydrogen (secondary N) is 2. The van der Waals surface area contributed by atoms with E-state index in [2.05, 4.69) is 15.8 Å². The summed E-state index contributed by atoms with van der Waals surface area (Å²) in [7, 11) is 0. The smallest absolute Gasteiger partial charge is 0.270 e. The number of benzene rings is 2. The van der Waals surface area contributed by atoms with Crippen molar-refractivity contribution in [3.8, 4) is 5.75 Å². The lowest BCUT2D eigenvalue weighted by molar-refractivity contribution is -0.384. The van der Waals surface area contributed by atoms with Gasteiger partial charge >= 0.3 is 0 Å². The second-order valence-corrected chi connectivity index (χ2v) is 5.56. The van der Waals surface area contributed by atoms with E-state index in [1.807, 2.05) is 0 Å². The fourth-order valence-corrected chi connectivity index (χ4v) is 2.15. The molecule has 0 bridgehead atoms. The molecule has 0 saturated carbocycles. The Kier molecular flexibility index (Phi) is 7.00. The summed E-state index contributed by atoms with van der Waals surface area (Å²) < 4.78 is 0. The molecule has 9 heteroatoms. The van der Waals surface area contributed by atoms with Crippen LogP contribution in [-0.4, -0.2) is 34.6 Å². The van der Waals surface area contributed by atoms with Crippen LogP contribution in [0.5, 0.6) is 5.75 Å². The van der Waals surface area contributed by atoms with Gasteiger partial charge in [0.25, 0.3) is 11.6 Å². The summed E-state index contributed by atoms with van der Waals surface area (Å²) in [4.78, 5) is 33.8. The number of non-ortho nitro benzene ring substituents is 1. The molecule has 27 heavy (non-hydrogen) atoms. The van der Waals surface area contributed by atoms with E-state index in [4.69, 9.17) is 0 Å². The van der Waals surface area contributed by atoms with Crippen molar-refractivity contribution in [3.63, 3.8) is 0 Å². The first-order valence-electron chi connectivity index (χ1n) is 8.09. The molecule has 0 aromatic heterocycles. The molecule has 9 nitrogen and oxygen atoms in total. The van der Waals surface area contributed by atoms with E-state index in [0.29, 0.717) is 12.0 Å². The Morgan fingerprint density at radius 2 is 1.96 bits per heavy atom. The van der Waals surface area contributed by atoms with Crippen molar-refractivity contribution in [1.29, 1.82) is 0 Å². The van der Waals surface area contributed by atoms with Crippen LogP contribution in [0, 0.1) is 10.1 Å². The minimum Gasteiger partial charge on any atom is -0.508 e. The molecule has 140 valence electrons. The molecule has 0 heterocycles. The lowest BCUT2D eigenvalue weighted by Gasteiger charge is -2.05. The van der Waals surface area contributed by atoms with Gasteiger partial charge in [0.2, 0.25) is 5.91 Å². The van der Waals surface area contributed by atoms with Gasteiger partial charge in [0.1, 0.15) is 5.75 Å². The molecule has 0 spiro atoms. The number of nitro groups is 1. The maximum Gasteiger partial charge on any atom is 0.270 e. The van der Waals surface area contributed by atoms with Crippen LogP contribution >= 0.6 is 0 Å². The fourth-order valence-electron chi connectivity index (χ4n) is 2.15. The van der Waals surface area contributed by atoms with Gasteiger partial charge in [-0.2, -0.15) is 5.10 Å². The molecule has 0 radical (unpaired) electrons. The van der Waals surface area contributed by atoms with Crippen LogP contribution in [0.25, 0.3) is 0 Å². The zero-order chi connectivity index (χ0) is 19.6. The molecule has 0 aliphatic rings. The Bertz CT molecular complexity index is 866. The standard InChI is InChI=1S/C18H18N4O5/c23-16-7-1-4-13(10-16)12-20-21-17(24)8-3-9-19-18(25)14-5-2-6-15(11-14)22(26)27/h1-2,4-7,10-12,23H,3,8-9H2,(H,19,25)(H,21,24). The number of carbonyl (C=O) groups excluding carboxylic acids is 2. The molecule has 0 aliphatic carbocycles. The number of nitrogens with zero attached hydrogens (tertiary/aromatic N) is 2. The van der Waals surface area contributed by atoms with E-state index < -0.39 is 10.8 Å². The first-order chi connectivity index (χ1) is 13.0. The van der Waals surface area contributed by atoms with E-state index in [-0.39, 0.29) is 35.9 Å². The maximum atomic E-state index is 11.9. The Hall–Kier alpha value is -3.75. The van der Waals surface area contributed by atoms with Crippen molar-refractivity contribution < 1.29 is 19.6 Å². The van der Waals surface area contributed by atoms with E-state index in [1.165, 1.54) is 42.6 Å². The Morgan fingerprint density at radius 3 is 2.70 bits per heavy atom. The molecule has 0 aliphatic heterocycles. The van der Waals surface area contributed by atoms with Gasteiger partial charge in [-0.05, 0) is 30.2 Å². The average Bonchev–Trinajstić information content (AvgIpc) is 2.65. The highest BCUT2D eigenvalue weighted by atomic mass is 16.6. The molecule has 0 fully saturated rings. The summed E-state index contributed by atoms with van der Waals surface area (Å²) >= 11 is 0. The van der Waals surface area contributed by atoms with Crippen molar-refractivity contribution in [2.24, 2.45) is 5.10 Å². The van der Waals surface area contributed by atoms with Crippen LogP contribution in [0.3, 0.4) is 0 Å². The van der Waals surface area contributed by atoms with Gasteiger partial charge in [-0.1, -0.05) is 18.2 Å². The number of carbonyl (C=O) groups is 2. The average molecular weight is 370 g/mol. The molecule has 0 unspecified atom stereocenters. The third-order valence-corrected chi connectivity index (χ3v) is 3.46. The van der Waals surface area contributed by atoms with Crippen molar-refractivity contribution in [2.75, 3.05) is 6.54 Å². The van der Waals surface area contributed by atoms with E-state index >= 15 is 0 Å². The molecule has 2 rings (SSSR count). The summed E-state index contributed by atoms with van der Waals surface area (Å²) in [6.45, 7) is 0.241. The number of hydrogen-bond acceptors (Lipinski definition) is 6. The number of hydrogen-bond donors (Lipinski definition) is 3. The number of rotatable bonds is 8. The van der Waals surface area contributed by atoms with Gasteiger partial charge in [-0.15, -0.1) is 0 Å². The summed E-state index contributed by atoms with van der Waals surface area (Å²) in [5.41, 5.74) is 3.01. The van der Waals surface area contributed by atoms with Crippen LogP contribution in [-0.2, 0) is 4.79 Å². The normalized spacial score (nSPS) is 10.5. The number of aromatic hydroxyl groups is 1. The predicted octanol–water partition coefficient (Wildman–Crippen LogP) is 1.96. The minimum atomic E-state index is -0.571. The highest BCUT2D eigenvalue weighted by Gasteiger charge is 2.11. The largest absolute Gasteiger partial charge is 0.508 e. The summed E-state index contributed by atoms with van der Waals surface area (Å²) in [5.74, 6) is -0.665. The zero-order valence-electron chi connectivity index (χ0n) is 14.3. The van der Waals surface area contributed by atoms with Crippen molar-refractivity contribution in [1.82, 2.24) is 10.7 Å². The molecule has 0 atom stereocenters. The molecule has 2 aromatic rings. The first kappa shape index (κ1) is 19.6. The summed E-state index contributed by atoms with van der Waals surface area (Å²) in [6, 6.07) is 11.8. The van der Waals surface area contributed by atoms with Crippen molar-refractivity contribution in [2.45, 2.75) is 12.8 Å². The van der Waals surface area contributed by atoms with Gasteiger partial charge in [0.05, 0.1) is 11.1 Å². The van der Waals surface area contributed by atoms with Crippen LogP contribution in [0.2, 0.25) is 0 Å². The Labute approximate surface area is 154 Å². The van der Waals surface area contributed by atoms with Crippen LogP contribution in [0.15, 0.2) is 53.6 Å². The van der Waals surface area contributed by atoms with Crippen LogP contribution in [0.4, 0.5) is 5.69 Å². The Balaban J connectivity index is 1.70. The third kappa shape index (κ3) is 6.58. The topological polar surface area (TPSA) is 134 Å². The number of phenols is 1. The number of nitro benzene ring substituents is 1. The third-order valence-electron chi connectivity index (χ3n) is 3.46. The maximum absolute atomic E-state index is 11.9. The van der Waals surface area contributed by atoms with Gasteiger partial charge in [-0.3, -0.25) is 19.7 Å². The van der Waals surface area contributed by atoms with E-state index in [9.17, 15) is 24.8 Å². The van der Waals surface area contributed by atoms with Crippen molar-refractivity contribution >= 4 is 23.7 Å². The second kappa shape index (κ2) is 9.66. The number of hydrazone groups is 1. The van der Waals surface area contributed by atoms with Gasteiger partial charge in [0.15, 0.2) is 0 Å². The lowest BCUT2D eigenvalue weighted by Crippen LogP contribution is -2.26. The monoisotopic (exact) mass is 370 g/mol. The lowest BCUT2D eigenvalue weighted by atomic mass is 10.2. The zero-order valence-corrected chi connectivity index (χ0v) is 14.3. The van der Waals surface area contributed by atoms with Crippen molar-refractivity contribution in [3.05, 3.63) is 69.8 Å². The van der Waals surface area contributed by atoms with E-state index in [0.717, 1.165) is 0 Å². The second-order valence-electron chi connectivity index (χ2n) is 5.56. The molecule has 2 aromatic carbocycles. The number of phenolic OH excluding ortho intramolecular Hbond substituents is 1. The Morgan fingerprint density at radius 1 is 1.19 bits per heavy atom. The molecule has 3 N–H and O–H groups in total. The van der Waals surface area contributed by atoms with Crippen LogP contribution in [0.1, 0.15) is 28.8 Å². The highest BCUT2D eigenvalue weighted by molar-refractivity contribution is 5.94. The first-order valence-corrected chi connectivity index (χ1v) is 8.09. The van der Waals surface area contributed by atoms with Gasteiger partial charge in [0, 0.05) is 30.7 Å². The summed E-state index contributed by atoms with van der Waals surface area (Å²) in [6.07, 6.45) is 1.93. The van der Waals surface area contributed by atoms with Gasteiger partial charge in [-0.25, -0.2) is 5.43 Å².